The second-order valence-electron chi connectivity index (χ2n) is 5.37. The summed E-state index contributed by atoms with van der Waals surface area (Å²) in [6, 6.07) is 11.3. The number of amides is 1. The average Bonchev–Trinajstić information content (AvgIpc) is 2.51. The molecule has 0 aromatic heterocycles. The lowest BCUT2D eigenvalue weighted by Gasteiger charge is -2.27. The zero-order valence-corrected chi connectivity index (χ0v) is 13.0. The van der Waals surface area contributed by atoms with E-state index in [1.54, 1.807) is 13.0 Å². The van der Waals surface area contributed by atoms with E-state index in [2.05, 4.69) is 11.4 Å². The van der Waals surface area contributed by atoms with Crippen LogP contribution >= 0.6 is 0 Å². The lowest BCUT2D eigenvalue weighted by molar-refractivity contribution is -0.144. The number of esters is 1. The summed E-state index contributed by atoms with van der Waals surface area (Å²) in [5, 5.41) is 11.7. The van der Waals surface area contributed by atoms with Crippen molar-refractivity contribution in [3.05, 3.63) is 42.0 Å². The summed E-state index contributed by atoms with van der Waals surface area (Å²) in [4.78, 5) is 23.3. The second-order valence-corrected chi connectivity index (χ2v) is 5.37. The van der Waals surface area contributed by atoms with Gasteiger partial charge >= 0.3 is 5.97 Å². The molecule has 1 aromatic carbocycles. The van der Waals surface area contributed by atoms with E-state index in [4.69, 9.17) is 10.00 Å². The molecule has 116 valence electrons. The van der Waals surface area contributed by atoms with Gasteiger partial charge in [0.2, 0.25) is 0 Å². The molecule has 22 heavy (non-hydrogen) atoms. The Hall–Kier alpha value is -2.61. The molecule has 1 unspecified atom stereocenters. The molecule has 1 atom stereocenters. The molecule has 0 aliphatic carbocycles. The first-order chi connectivity index (χ1) is 10.4. The zero-order chi connectivity index (χ0) is 16.6. The molecule has 0 saturated heterocycles. The van der Waals surface area contributed by atoms with Gasteiger partial charge in [0.15, 0.2) is 6.61 Å². The van der Waals surface area contributed by atoms with Gasteiger partial charge < -0.3 is 10.1 Å². The molecule has 5 nitrogen and oxygen atoms in total. The van der Waals surface area contributed by atoms with Gasteiger partial charge in [0.05, 0.1) is 6.07 Å². The van der Waals surface area contributed by atoms with Crippen LogP contribution in [-0.2, 0) is 14.3 Å². The number of nitrogens with one attached hydrogen (secondary N) is 1. The second kappa shape index (κ2) is 7.99. The van der Waals surface area contributed by atoms with Crippen molar-refractivity contribution in [2.24, 2.45) is 5.92 Å². The van der Waals surface area contributed by atoms with Crippen LogP contribution in [0.15, 0.2) is 36.4 Å². The number of benzene rings is 1. The Morgan fingerprint density at radius 2 is 2.00 bits per heavy atom. The topological polar surface area (TPSA) is 79.2 Å². The number of rotatable bonds is 6. The number of ether oxygens (including phenoxy) is 1. The Labute approximate surface area is 130 Å². The number of carbonyl (C=O) groups excluding carboxylic acids is 2. The lowest BCUT2D eigenvalue weighted by atomic mass is 9.90. The number of carbonyl (C=O) groups is 2. The minimum Gasteiger partial charge on any atom is -0.452 e. The molecule has 0 bridgehead atoms. The van der Waals surface area contributed by atoms with Crippen LogP contribution in [-0.4, -0.2) is 24.0 Å². The first kappa shape index (κ1) is 17.4. The van der Waals surface area contributed by atoms with Gasteiger partial charge in [-0.25, -0.2) is 4.79 Å². The van der Waals surface area contributed by atoms with Gasteiger partial charge in [-0.3, -0.25) is 4.79 Å². The fourth-order valence-corrected chi connectivity index (χ4v) is 1.54. The summed E-state index contributed by atoms with van der Waals surface area (Å²) in [6.45, 7) is 4.88. The number of hydrogen-bond acceptors (Lipinski definition) is 4. The van der Waals surface area contributed by atoms with Gasteiger partial charge in [0.25, 0.3) is 5.91 Å². The zero-order valence-electron chi connectivity index (χ0n) is 13.0. The highest BCUT2D eigenvalue weighted by Crippen LogP contribution is 2.14. The third kappa shape index (κ3) is 5.41. The Morgan fingerprint density at radius 3 is 2.55 bits per heavy atom. The van der Waals surface area contributed by atoms with Crippen molar-refractivity contribution < 1.29 is 14.3 Å². The maximum absolute atomic E-state index is 11.7. The summed E-state index contributed by atoms with van der Waals surface area (Å²) in [7, 11) is 0. The summed E-state index contributed by atoms with van der Waals surface area (Å²) in [5.41, 5.74) is -0.121. The average molecular weight is 300 g/mol. The van der Waals surface area contributed by atoms with Crippen molar-refractivity contribution >= 4 is 18.0 Å². The molecule has 0 aliphatic rings. The van der Waals surface area contributed by atoms with Crippen molar-refractivity contribution in [2.75, 3.05) is 6.61 Å². The summed E-state index contributed by atoms with van der Waals surface area (Å²) in [5.74, 6) is -1.17. The Morgan fingerprint density at radius 1 is 1.36 bits per heavy atom. The van der Waals surface area contributed by atoms with Gasteiger partial charge in [0, 0.05) is 6.08 Å². The van der Waals surface area contributed by atoms with Crippen molar-refractivity contribution in [1.82, 2.24) is 5.32 Å². The molecular formula is C17H20N2O3. The fourth-order valence-electron chi connectivity index (χ4n) is 1.54. The van der Waals surface area contributed by atoms with Crippen LogP contribution in [0.3, 0.4) is 0 Å². The third-order valence-electron chi connectivity index (χ3n) is 3.34. The van der Waals surface area contributed by atoms with Gasteiger partial charge in [0.1, 0.15) is 5.54 Å². The van der Waals surface area contributed by atoms with Gasteiger partial charge in [-0.1, -0.05) is 44.2 Å². The van der Waals surface area contributed by atoms with E-state index in [1.165, 1.54) is 6.08 Å². The molecule has 1 amide bonds. The molecule has 0 aliphatic heterocycles. The van der Waals surface area contributed by atoms with E-state index < -0.39 is 24.0 Å². The van der Waals surface area contributed by atoms with Gasteiger partial charge in [-0.15, -0.1) is 0 Å². The molecule has 0 saturated carbocycles. The maximum atomic E-state index is 11.7. The van der Waals surface area contributed by atoms with Crippen molar-refractivity contribution in [3.8, 4) is 6.07 Å². The van der Waals surface area contributed by atoms with Crippen LogP contribution < -0.4 is 5.32 Å². The van der Waals surface area contributed by atoms with Crippen LogP contribution in [0.2, 0.25) is 0 Å². The molecule has 1 aromatic rings. The maximum Gasteiger partial charge on any atom is 0.331 e. The first-order valence-electron chi connectivity index (χ1n) is 6.99. The SMILES string of the molecule is CC(C)C(C)(C#N)NC(=O)COC(=O)C=Cc1ccccc1. The van der Waals surface area contributed by atoms with E-state index in [9.17, 15) is 9.59 Å². The number of nitrogens with zero attached hydrogens (tertiary/aromatic N) is 1. The molecule has 0 radical (unpaired) electrons. The molecule has 1 N–H and O–H groups in total. The van der Waals surface area contributed by atoms with Crippen molar-refractivity contribution in [1.29, 1.82) is 5.26 Å². The first-order valence-corrected chi connectivity index (χ1v) is 6.99. The van der Waals surface area contributed by atoms with Crippen LogP contribution in [0.25, 0.3) is 6.08 Å². The normalized spacial score (nSPS) is 13.4. The molecule has 5 heteroatoms. The van der Waals surface area contributed by atoms with Gasteiger partial charge in [-0.05, 0) is 24.5 Å². The standard InChI is InChI=1S/C17H20N2O3/c1-13(2)17(3,12-18)19-15(20)11-22-16(21)10-9-14-7-5-4-6-8-14/h4-10,13H,11H2,1-3H3,(H,19,20). The van der Waals surface area contributed by atoms with Crippen LogP contribution in [0.4, 0.5) is 0 Å². The number of hydrogen-bond donors (Lipinski definition) is 1. The van der Waals surface area contributed by atoms with Crippen LogP contribution in [0, 0.1) is 17.2 Å². The molecule has 1 rings (SSSR count). The largest absolute Gasteiger partial charge is 0.452 e. The minimum absolute atomic E-state index is 0.0601. The Bertz CT molecular complexity index is 588. The molecule has 0 heterocycles. The van der Waals surface area contributed by atoms with Crippen LogP contribution in [0.1, 0.15) is 26.3 Å². The van der Waals surface area contributed by atoms with E-state index in [0.29, 0.717) is 0 Å². The summed E-state index contributed by atoms with van der Waals surface area (Å²) in [6.07, 6.45) is 2.86. The third-order valence-corrected chi connectivity index (χ3v) is 3.34. The highest BCUT2D eigenvalue weighted by molar-refractivity contribution is 5.89. The van der Waals surface area contributed by atoms with Crippen molar-refractivity contribution in [2.45, 2.75) is 26.3 Å². The predicted octanol–water partition coefficient (Wildman–Crippen LogP) is 2.30. The highest BCUT2D eigenvalue weighted by Gasteiger charge is 2.30. The predicted molar refractivity (Wildman–Crippen MR) is 83.4 cm³/mol. The van der Waals surface area contributed by atoms with Crippen molar-refractivity contribution in [3.63, 3.8) is 0 Å². The van der Waals surface area contributed by atoms with E-state index >= 15 is 0 Å². The number of nitriles is 1. The fraction of sp³-hybridized carbons (Fsp3) is 0.353. The van der Waals surface area contributed by atoms with E-state index in [1.807, 2.05) is 44.2 Å². The summed E-state index contributed by atoms with van der Waals surface area (Å²) < 4.78 is 4.85. The quantitative estimate of drug-likeness (QED) is 0.646. The molecular weight excluding hydrogens is 280 g/mol. The molecule has 0 fully saturated rings. The monoisotopic (exact) mass is 300 g/mol. The Kier molecular flexibility index (Phi) is 6.33. The van der Waals surface area contributed by atoms with Gasteiger partial charge in [-0.2, -0.15) is 5.26 Å². The van der Waals surface area contributed by atoms with E-state index in [0.717, 1.165) is 5.56 Å². The molecule has 0 spiro atoms. The van der Waals surface area contributed by atoms with Crippen LogP contribution in [0.5, 0.6) is 0 Å². The lowest BCUT2D eigenvalue weighted by Crippen LogP contribution is -2.50. The van der Waals surface area contributed by atoms with E-state index in [-0.39, 0.29) is 5.92 Å². The Balaban J connectivity index is 2.46. The highest BCUT2D eigenvalue weighted by atomic mass is 16.5. The minimum atomic E-state index is -0.983. The summed E-state index contributed by atoms with van der Waals surface area (Å²) >= 11 is 0. The smallest absolute Gasteiger partial charge is 0.331 e.